The fourth-order valence-electron chi connectivity index (χ4n) is 1.30. The van der Waals surface area contributed by atoms with Crippen molar-refractivity contribution in [3.63, 3.8) is 0 Å². The van der Waals surface area contributed by atoms with E-state index in [1.54, 1.807) is 6.92 Å². The van der Waals surface area contributed by atoms with Crippen molar-refractivity contribution < 1.29 is 24.2 Å². The average Bonchev–Trinajstić information content (AvgIpc) is 2.27. The summed E-state index contributed by atoms with van der Waals surface area (Å²) >= 11 is 0. The van der Waals surface area contributed by atoms with Crippen LogP contribution in [0.4, 0.5) is 10.1 Å². The molecule has 0 heterocycles. The van der Waals surface area contributed by atoms with Gasteiger partial charge in [-0.1, -0.05) is 6.92 Å². The summed E-state index contributed by atoms with van der Waals surface area (Å²) in [4.78, 5) is 21.5. The first-order valence-electron chi connectivity index (χ1n) is 4.98. The second-order valence-corrected chi connectivity index (χ2v) is 3.44. The van der Waals surface area contributed by atoms with Crippen LogP contribution >= 0.6 is 0 Å². The molecule has 0 aliphatic carbocycles. The Labute approximate surface area is 96.9 Å². The first-order chi connectivity index (χ1) is 7.95. The molecule has 0 fully saturated rings. The molecule has 0 radical (unpaired) electrons. The van der Waals surface area contributed by atoms with Crippen LogP contribution in [-0.2, 0) is 4.79 Å². The minimum absolute atomic E-state index is 0.103. The fourth-order valence-corrected chi connectivity index (χ4v) is 1.30. The Morgan fingerprint density at radius 3 is 2.53 bits per heavy atom. The summed E-state index contributed by atoms with van der Waals surface area (Å²) in [5.41, 5.74) is -0.228. The maximum absolute atomic E-state index is 13.3. The van der Waals surface area contributed by atoms with Gasteiger partial charge < -0.3 is 15.5 Å². The molecule has 17 heavy (non-hydrogen) atoms. The Morgan fingerprint density at radius 1 is 1.41 bits per heavy atom. The number of hydrogen-bond donors (Lipinski definition) is 3. The molecule has 0 bridgehead atoms. The van der Waals surface area contributed by atoms with Crippen LogP contribution in [0.3, 0.4) is 0 Å². The highest BCUT2D eigenvalue weighted by molar-refractivity contribution is 5.89. The molecule has 0 spiro atoms. The minimum Gasteiger partial charge on any atom is -0.480 e. The zero-order valence-corrected chi connectivity index (χ0v) is 9.11. The molecular formula is C11H12FNO4. The van der Waals surface area contributed by atoms with Crippen LogP contribution in [0.5, 0.6) is 0 Å². The van der Waals surface area contributed by atoms with Gasteiger partial charge in [-0.2, -0.15) is 0 Å². The molecule has 0 saturated carbocycles. The van der Waals surface area contributed by atoms with E-state index < -0.39 is 23.8 Å². The molecule has 0 saturated heterocycles. The third-order valence-corrected chi connectivity index (χ3v) is 2.25. The Bertz CT molecular complexity index is 447. The van der Waals surface area contributed by atoms with Gasteiger partial charge in [-0.25, -0.2) is 14.0 Å². The van der Waals surface area contributed by atoms with Crippen molar-refractivity contribution in [2.75, 3.05) is 5.32 Å². The van der Waals surface area contributed by atoms with Gasteiger partial charge in [0, 0.05) is 0 Å². The SMILES string of the molecule is CCC(Nc1cc(C(=O)O)ccc1F)C(=O)O. The highest BCUT2D eigenvalue weighted by Crippen LogP contribution is 2.18. The summed E-state index contributed by atoms with van der Waals surface area (Å²) in [5, 5.41) is 20.0. The van der Waals surface area contributed by atoms with Gasteiger partial charge in [-0.05, 0) is 24.6 Å². The molecule has 0 aromatic heterocycles. The van der Waals surface area contributed by atoms with Crippen LogP contribution < -0.4 is 5.32 Å². The molecule has 5 nitrogen and oxygen atoms in total. The predicted octanol–water partition coefficient (Wildman–Crippen LogP) is 1.80. The van der Waals surface area contributed by atoms with E-state index in [1.165, 1.54) is 0 Å². The largest absolute Gasteiger partial charge is 0.480 e. The molecule has 0 aliphatic heterocycles. The van der Waals surface area contributed by atoms with Gasteiger partial charge in [0.25, 0.3) is 0 Å². The Kier molecular flexibility index (Phi) is 4.03. The molecule has 1 aromatic carbocycles. The van der Waals surface area contributed by atoms with E-state index in [0.717, 1.165) is 18.2 Å². The summed E-state index contributed by atoms with van der Waals surface area (Å²) in [6.07, 6.45) is 0.256. The molecule has 1 aromatic rings. The number of aliphatic carboxylic acids is 1. The van der Waals surface area contributed by atoms with Gasteiger partial charge in [-0.3, -0.25) is 0 Å². The van der Waals surface area contributed by atoms with Gasteiger partial charge in [0.15, 0.2) is 0 Å². The first kappa shape index (κ1) is 13.0. The van der Waals surface area contributed by atoms with E-state index in [-0.39, 0.29) is 17.7 Å². The van der Waals surface area contributed by atoms with Crippen molar-refractivity contribution in [2.45, 2.75) is 19.4 Å². The van der Waals surface area contributed by atoms with Crippen molar-refractivity contribution >= 4 is 17.6 Å². The molecule has 1 atom stereocenters. The number of nitrogens with one attached hydrogen (secondary N) is 1. The predicted molar refractivity (Wildman–Crippen MR) is 58.7 cm³/mol. The van der Waals surface area contributed by atoms with Crippen molar-refractivity contribution in [3.8, 4) is 0 Å². The number of carbonyl (C=O) groups is 2. The summed E-state index contributed by atoms with van der Waals surface area (Å²) < 4.78 is 13.3. The van der Waals surface area contributed by atoms with Crippen LogP contribution in [0, 0.1) is 5.82 Å². The van der Waals surface area contributed by atoms with Crippen LogP contribution in [0.25, 0.3) is 0 Å². The number of rotatable bonds is 5. The molecule has 0 aliphatic rings. The smallest absolute Gasteiger partial charge is 0.335 e. The van der Waals surface area contributed by atoms with Gasteiger partial charge >= 0.3 is 11.9 Å². The molecule has 3 N–H and O–H groups in total. The molecule has 6 heteroatoms. The normalized spacial score (nSPS) is 11.9. The van der Waals surface area contributed by atoms with Crippen molar-refractivity contribution in [3.05, 3.63) is 29.6 Å². The topological polar surface area (TPSA) is 86.6 Å². The number of carboxylic acid groups (broad SMARTS) is 2. The minimum atomic E-state index is -1.20. The lowest BCUT2D eigenvalue weighted by Gasteiger charge is -2.14. The van der Waals surface area contributed by atoms with Crippen LogP contribution in [0.15, 0.2) is 18.2 Å². The van der Waals surface area contributed by atoms with E-state index in [9.17, 15) is 14.0 Å². The lowest BCUT2D eigenvalue weighted by atomic mass is 10.1. The molecule has 1 rings (SSSR count). The maximum Gasteiger partial charge on any atom is 0.335 e. The zero-order valence-electron chi connectivity index (χ0n) is 9.11. The van der Waals surface area contributed by atoms with E-state index in [1.807, 2.05) is 0 Å². The van der Waals surface area contributed by atoms with Gasteiger partial charge in [0.2, 0.25) is 0 Å². The lowest BCUT2D eigenvalue weighted by molar-refractivity contribution is -0.137. The van der Waals surface area contributed by atoms with E-state index in [0.29, 0.717) is 0 Å². The van der Waals surface area contributed by atoms with Gasteiger partial charge in [0.05, 0.1) is 11.3 Å². The third kappa shape index (κ3) is 3.17. The second-order valence-electron chi connectivity index (χ2n) is 3.44. The highest BCUT2D eigenvalue weighted by Gasteiger charge is 2.17. The van der Waals surface area contributed by atoms with Crippen LogP contribution in [0.2, 0.25) is 0 Å². The van der Waals surface area contributed by atoms with E-state index in [2.05, 4.69) is 5.32 Å². The molecular weight excluding hydrogens is 229 g/mol. The van der Waals surface area contributed by atoms with Crippen molar-refractivity contribution in [2.24, 2.45) is 0 Å². The monoisotopic (exact) mass is 241 g/mol. The van der Waals surface area contributed by atoms with Crippen LogP contribution in [0.1, 0.15) is 23.7 Å². The number of carboxylic acids is 2. The maximum atomic E-state index is 13.3. The van der Waals surface area contributed by atoms with Crippen LogP contribution in [-0.4, -0.2) is 28.2 Å². The second kappa shape index (κ2) is 5.29. The van der Waals surface area contributed by atoms with E-state index in [4.69, 9.17) is 10.2 Å². The van der Waals surface area contributed by atoms with E-state index >= 15 is 0 Å². The number of halogens is 1. The summed E-state index contributed by atoms with van der Waals surface area (Å²) in [6.45, 7) is 1.63. The summed E-state index contributed by atoms with van der Waals surface area (Å²) in [5.74, 6) is -3.00. The Morgan fingerprint density at radius 2 is 2.06 bits per heavy atom. The zero-order chi connectivity index (χ0) is 13.0. The fraction of sp³-hybridized carbons (Fsp3) is 0.273. The number of anilines is 1. The molecule has 92 valence electrons. The summed E-state index contributed by atoms with van der Waals surface area (Å²) in [6, 6.07) is 2.22. The quantitative estimate of drug-likeness (QED) is 0.731. The number of hydrogen-bond acceptors (Lipinski definition) is 3. The van der Waals surface area contributed by atoms with Crippen molar-refractivity contribution in [1.29, 1.82) is 0 Å². The molecule has 0 amide bonds. The summed E-state index contributed by atoms with van der Waals surface area (Å²) in [7, 11) is 0. The standard InChI is InChI=1S/C11H12FNO4/c1-2-8(11(16)17)13-9-5-6(10(14)15)3-4-7(9)12/h3-5,8,13H,2H2,1H3,(H,14,15)(H,16,17). The Balaban J connectivity index is 3.00. The first-order valence-corrected chi connectivity index (χ1v) is 4.98. The third-order valence-electron chi connectivity index (χ3n) is 2.25. The number of aromatic carboxylic acids is 1. The molecule has 1 unspecified atom stereocenters. The van der Waals surface area contributed by atoms with Gasteiger partial charge in [0.1, 0.15) is 11.9 Å². The lowest BCUT2D eigenvalue weighted by Crippen LogP contribution is -2.28. The highest BCUT2D eigenvalue weighted by atomic mass is 19.1. The van der Waals surface area contributed by atoms with Gasteiger partial charge in [-0.15, -0.1) is 0 Å². The Hall–Kier alpha value is -2.11. The average molecular weight is 241 g/mol. The number of benzene rings is 1. The van der Waals surface area contributed by atoms with Crippen molar-refractivity contribution in [1.82, 2.24) is 0 Å².